The van der Waals surface area contributed by atoms with Crippen molar-refractivity contribution in [3.8, 4) is 5.75 Å². The van der Waals surface area contributed by atoms with Gasteiger partial charge in [0, 0.05) is 24.6 Å². The fourth-order valence-corrected chi connectivity index (χ4v) is 2.76. The summed E-state index contributed by atoms with van der Waals surface area (Å²) in [7, 11) is 0. The van der Waals surface area contributed by atoms with Crippen LogP contribution in [0.5, 0.6) is 5.75 Å². The van der Waals surface area contributed by atoms with Gasteiger partial charge in [0.05, 0.1) is 5.56 Å². The first-order valence-corrected chi connectivity index (χ1v) is 9.43. The van der Waals surface area contributed by atoms with E-state index in [9.17, 15) is 9.59 Å². The molecule has 6 heteroatoms. The Labute approximate surface area is 169 Å². The number of aryl methyl sites for hydroxylation is 1. The van der Waals surface area contributed by atoms with Gasteiger partial charge in [-0.15, -0.1) is 0 Å². The maximum absolute atomic E-state index is 12.1. The molecule has 1 aromatic heterocycles. The Morgan fingerprint density at radius 3 is 2.52 bits per heavy atom. The van der Waals surface area contributed by atoms with Crippen LogP contribution >= 0.6 is 0 Å². The van der Waals surface area contributed by atoms with Crippen molar-refractivity contribution in [3.05, 3.63) is 89.7 Å². The predicted molar refractivity (Wildman–Crippen MR) is 112 cm³/mol. The van der Waals surface area contributed by atoms with E-state index in [-0.39, 0.29) is 18.4 Å². The Kier molecular flexibility index (Phi) is 6.95. The number of ether oxygens (including phenoxy) is 1. The van der Waals surface area contributed by atoms with Crippen LogP contribution < -0.4 is 15.4 Å². The zero-order valence-corrected chi connectivity index (χ0v) is 16.2. The second-order valence-electron chi connectivity index (χ2n) is 6.42. The highest BCUT2D eigenvalue weighted by molar-refractivity contribution is 5.94. The molecule has 2 N–H and O–H groups in total. The minimum absolute atomic E-state index is 0.0556. The largest absolute Gasteiger partial charge is 0.483 e. The van der Waals surface area contributed by atoms with Gasteiger partial charge < -0.3 is 15.4 Å². The molecule has 0 unspecified atom stereocenters. The molecule has 0 saturated heterocycles. The second kappa shape index (κ2) is 10.0. The van der Waals surface area contributed by atoms with Crippen LogP contribution in [0.3, 0.4) is 0 Å². The smallest absolute Gasteiger partial charge is 0.262 e. The molecule has 0 saturated carbocycles. The number of carbonyl (C=O) groups is 2. The number of nitrogens with zero attached hydrogens (tertiary/aromatic N) is 1. The Bertz CT molecular complexity index is 957. The highest BCUT2D eigenvalue weighted by Gasteiger charge is 2.07. The Morgan fingerprint density at radius 2 is 1.79 bits per heavy atom. The Balaban J connectivity index is 1.47. The van der Waals surface area contributed by atoms with Crippen molar-refractivity contribution in [2.24, 2.45) is 0 Å². The number of benzene rings is 2. The fraction of sp³-hybridized carbons (Fsp3) is 0.174. The van der Waals surface area contributed by atoms with E-state index in [1.807, 2.05) is 43.3 Å². The lowest BCUT2D eigenvalue weighted by Gasteiger charge is -2.11. The number of hydrogen-bond donors (Lipinski definition) is 2. The van der Waals surface area contributed by atoms with E-state index < -0.39 is 0 Å². The van der Waals surface area contributed by atoms with E-state index in [1.165, 1.54) is 6.20 Å². The number of amides is 2. The first-order valence-electron chi connectivity index (χ1n) is 9.43. The van der Waals surface area contributed by atoms with E-state index in [1.54, 1.807) is 30.5 Å². The quantitative estimate of drug-likeness (QED) is 0.617. The van der Waals surface area contributed by atoms with Crippen molar-refractivity contribution < 1.29 is 14.3 Å². The van der Waals surface area contributed by atoms with Crippen molar-refractivity contribution in [1.29, 1.82) is 0 Å². The molecule has 0 aliphatic carbocycles. The first-order chi connectivity index (χ1) is 14.2. The normalized spacial score (nSPS) is 10.2. The second-order valence-corrected chi connectivity index (χ2v) is 6.42. The highest BCUT2D eigenvalue weighted by Crippen LogP contribution is 2.18. The van der Waals surface area contributed by atoms with Crippen LogP contribution in [0.4, 0.5) is 5.69 Å². The topological polar surface area (TPSA) is 80.3 Å². The number of carbonyl (C=O) groups excluding carboxylic acids is 2. The van der Waals surface area contributed by atoms with Gasteiger partial charge in [0.25, 0.3) is 11.8 Å². The van der Waals surface area contributed by atoms with Crippen molar-refractivity contribution in [3.63, 3.8) is 0 Å². The molecule has 29 heavy (non-hydrogen) atoms. The van der Waals surface area contributed by atoms with Gasteiger partial charge in [-0.1, -0.05) is 37.3 Å². The third-order valence-corrected chi connectivity index (χ3v) is 4.33. The molecule has 3 rings (SSSR count). The zero-order chi connectivity index (χ0) is 20.5. The third-order valence-electron chi connectivity index (χ3n) is 4.33. The van der Waals surface area contributed by atoms with Crippen molar-refractivity contribution in [2.45, 2.75) is 19.9 Å². The summed E-state index contributed by atoms with van der Waals surface area (Å²) in [6, 6.07) is 18.4. The molecule has 0 aliphatic rings. The van der Waals surface area contributed by atoms with Gasteiger partial charge in [-0.25, -0.2) is 0 Å². The molecule has 0 fully saturated rings. The van der Waals surface area contributed by atoms with Gasteiger partial charge in [0.15, 0.2) is 6.61 Å². The maximum atomic E-state index is 12.1. The lowest BCUT2D eigenvalue weighted by Crippen LogP contribution is -2.23. The summed E-state index contributed by atoms with van der Waals surface area (Å²) in [5.41, 5.74) is 3.18. The molecule has 2 amide bonds. The number of hydrogen-bond acceptors (Lipinski definition) is 4. The molecule has 148 valence electrons. The van der Waals surface area contributed by atoms with Crippen molar-refractivity contribution >= 4 is 17.5 Å². The van der Waals surface area contributed by atoms with Gasteiger partial charge in [-0.2, -0.15) is 0 Å². The lowest BCUT2D eigenvalue weighted by molar-refractivity contribution is -0.118. The van der Waals surface area contributed by atoms with Gasteiger partial charge >= 0.3 is 0 Å². The number of aromatic nitrogens is 1. The Morgan fingerprint density at radius 1 is 1.00 bits per heavy atom. The first kappa shape index (κ1) is 20.1. The van der Waals surface area contributed by atoms with Crippen LogP contribution in [0.1, 0.15) is 28.4 Å². The summed E-state index contributed by atoms with van der Waals surface area (Å²) in [6.07, 6.45) is 3.99. The zero-order valence-electron chi connectivity index (χ0n) is 16.2. The standard InChI is InChI=1S/C23H23N3O3/c1-2-18-6-3-4-8-21(18)29-16-22(27)26-20-11-9-17(10-12-20)14-25-23(28)19-7-5-13-24-15-19/h3-13,15H,2,14,16H2,1H3,(H,25,28)(H,26,27). The number of para-hydroxylation sites is 1. The molecule has 1 heterocycles. The molecule has 0 spiro atoms. The minimum atomic E-state index is -0.228. The van der Waals surface area contributed by atoms with Crippen LogP contribution in [-0.2, 0) is 17.8 Å². The van der Waals surface area contributed by atoms with Gasteiger partial charge in [-0.3, -0.25) is 14.6 Å². The lowest BCUT2D eigenvalue weighted by atomic mass is 10.1. The molecule has 0 atom stereocenters. The van der Waals surface area contributed by atoms with Gasteiger partial charge in [0.2, 0.25) is 0 Å². The molecular weight excluding hydrogens is 366 g/mol. The maximum Gasteiger partial charge on any atom is 0.262 e. The molecule has 6 nitrogen and oxygen atoms in total. The molecular formula is C23H23N3O3. The van der Waals surface area contributed by atoms with E-state index in [0.29, 0.717) is 17.8 Å². The molecule has 3 aromatic rings. The molecule has 2 aromatic carbocycles. The van der Waals surface area contributed by atoms with Crippen LogP contribution in [-0.4, -0.2) is 23.4 Å². The van der Waals surface area contributed by atoms with E-state index >= 15 is 0 Å². The Hall–Kier alpha value is -3.67. The van der Waals surface area contributed by atoms with Crippen LogP contribution in [0.2, 0.25) is 0 Å². The summed E-state index contributed by atoms with van der Waals surface area (Å²) < 4.78 is 5.63. The van der Waals surface area contributed by atoms with Crippen LogP contribution in [0.25, 0.3) is 0 Å². The van der Waals surface area contributed by atoms with Crippen molar-refractivity contribution in [2.75, 3.05) is 11.9 Å². The van der Waals surface area contributed by atoms with Crippen LogP contribution in [0.15, 0.2) is 73.1 Å². The average Bonchev–Trinajstić information content (AvgIpc) is 2.77. The fourth-order valence-electron chi connectivity index (χ4n) is 2.76. The summed E-state index contributed by atoms with van der Waals surface area (Å²) in [4.78, 5) is 28.1. The number of anilines is 1. The van der Waals surface area contributed by atoms with E-state index in [4.69, 9.17) is 4.74 Å². The number of nitrogens with one attached hydrogen (secondary N) is 2. The SMILES string of the molecule is CCc1ccccc1OCC(=O)Nc1ccc(CNC(=O)c2cccnc2)cc1. The minimum Gasteiger partial charge on any atom is -0.483 e. The predicted octanol–water partition coefficient (Wildman–Crippen LogP) is 3.59. The summed E-state index contributed by atoms with van der Waals surface area (Å²) in [5, 5.41) is 5.65. The average molecular weight is 389 g/mol. The monoisotopic (exact) mass is 389 g/mol. The molecule has 0 bridgehead atoms. The number of pyridine rings is 1. The van der Waals surface area contributed by atoms with Crippen molar-refractivity contribution in [1.82, 2.24) is 10.3 Å². The van der Waals surface area contributed by atoms with E-state index in [0.717, 1.165) is 23.3 Å². The van der Waals surface area contributed by atoms with Gasteiger partial charge in [-0.05, 0) is 47.9 Å². The molecule has 0 radical (unpaired) electrons. The van der Waals surface area contributed by atoms with E-state index in [2.05, 4.69) is 15.6 Å². The van der Waals surface area contributed by atoms with Gasteiger partial charge in [0.1, 0.15) is 5.75 Å². The molecule has 0 aliphatic heterocycles. The summed E-state index contributed by atoms with van der Waals surface area (Å²) in [5.74, 6) is 0.318. The summed E-state index contributed by atoms with van der Waals surface area (Å²) >= 11 is 0. The van der Waals surface area contributed by atoms with Crippen LogP contribution in [0, 0.1) is 0 Å². The third kappa shape index (κ3) is 5.90. The number of rotatable bonds is 8. The summed E-state index contributed by atoms with van der Waals surface area (Å²) in [6.45, 7) is 2.38. The highest BCUT2D eigenvalue weighted by atomic mass is 16.5.